The summed E-state index contributed by atoms with van der Waals surface area (Å²) < 4.78 is 0. The van der Waals surface area contributed by atoms with Gasteiger partial charge in [0.1, 0.15) is 6.04 Å². The van der Waals surface area contributed by atoms with Crippen molar-refractivity contribution < 1.29 is 9.59 Å². The largest absolute Gasteiger partial charge is 0.393 e. The van der Waals surface area contributed by atoms with Gasteiger partial charge in [0, 0.05) is 0 Å². The van der Waals surface area contributed by atoms with E-state index in [-0.39, 0.29) is 11.4 Å². The predicted molar refractivity (Wildman–Crippen MR) is 48.2 cm³/mol. The van der Waals surface area contributed by atoms with Gasteiger partial charge in [-0.25, -0.2) is 0 Å². The van der Waals surface area contributed by atoms with Crippen LogP contribution in [0.15, 0.2) is 0 Å². The molecule has 0 heterocycles. The van der Waals surface area contributed by atoms with Gasteiger partial charge in [0.2, 0.25) is 11.8 Å². The van der Waals surface area contributed by atoms with Crippen LogP contribution >= 0.6 is 12.2 Å². The second kappa shape index (κ2) is 4.66. The summed E-state index contributed by atoms with van der Waals surface area (Å²) in [4.78, 5) is 21.4. The molecule has 68 valence electrons. The molecule has 0 saturated heterocycles. The van der Waals surface area contributed by atoms with E-state index in [0.717, 1.165) is 0 Å². The van der Waals surface area contributed by atoms with Crippen molar-refractivity contribution in [2.45, 2.75) is 19.4 Å². The Morgan fingerprint density at radius 2 is 2.00 bits per heavy atom. The van der Waals surface area contributed by atoms with Gasteiger partial charge in [-0.3, -0.25) is 9.59 Å². The molecule has 12 heavy (non-hydrogen) atoms. The standard InChI is InChI=1S/C6H11N3O2S/c1-3(6(8)11)9-5(10)2-4(7)12/h3H,2H2,1H3,(H2,7,12)(H2,8,11)(H,9,10). The Morgan fingerprint density at radius 3 is 2.33 bits per heavy atom. The molecule has 0 saturated carbocycles. The molecule has 2 amide bonds. The van der Waals surface area contributed by atoms with Gasteiger partial charge in [-0.05, 0) is 6.92 Å². The first-order valence-corrected chi connectivity index (χ1v) is 3.71. The number of hydrogen-bond acceptors (Lipinski definition) is 3. The maximum atomic E-state index is 10.9. The molecule has 0 aromatic carbocycles. The summed E-state index contributed by atoms with van der Waals surface area (Å²) in [6.07, 6.45) is -0.0625. The van der Waals surface area contributed by atoms with Gasteiger partial charge in [0.25, 0.3) is 0 Å². The first kappa shape index (κ1) is 10.8. The Hall–Kier alpha value is -1.17. The topological polar surface area (TPSA) is 98.2 Å². The summed E-state index contributed by atoms with van der Waals surface area (Å²) in [5, 5.41) is 2.33. The van der Waals surface area contributed by atoms with E-state index in [2.05, 4.69) is 17.5 Å². The zero-order valence-corrected chi connectivity index (χ0v) is 7.48. The van der Waals surface area contributed by atoms with E-state index >= 15 is 0 Å². The molecule has 0 rings (SSSR count). The normalized spacial score (nSPS) is 11.8. The zero-order valence-electron chi connectivity index (χ0n) is 6.66. The lowest BCUT2D eigenvalue weighted by molar-refractivity contribution is -0.126. The van der Waals surface area contributed by atoms with Gasteiger partial charge < -0.3 is 16.8 Å². The van der Waals surface area contributed by atoms with Gasteiger partial charge in [0.15, 0.2) is 0 Å². The fraction of sp³-hybridized carbons (Fsp3) is 0.500. The second-order valence-electron chi connectivity index (χ2n) is 2.33. The second-order valence-corrected chi connectivity index (χ2v) is 2.86. The molecule has 1 atom stereocenters. The van der Waals surface area contributed by atoms with Crippen molar-refractivity contribution in [3.63, 3.8) is 0 Å². The van der Waals surface area contributed by atoms with Crippen LogP contribution in [0, 0.1) is 0 Å². The van der Waals surface area contributed by atoms with E-state index in [1.807, 2.05) is 0 Å². The van der Waals surface area contributed by atoms with Crippen molar-refractivity contribution in [2.75, 3.05) is 0 Å². The minimum atomic E-state index is -0.688. The fourth-order valence-electron chi connectivity index (χ4n) is 0.522. The number of rotatable bonds is 4. The number of nitrogens with one attached hydrogen (secondary N) is 1. The van der Waals surface area contributed by atoms with Crippen molar-refractivity contribution in [3.8, 4) is 0 Å². The highest BCUT2D eigenvalue weighted by Crippen LogP contribution is 1.84. The summed E-state index contributed by atoms with van der Waals surface area (Å²) in [5.41, 5.74) is 10.00. The van der Waals surface area contributed by atoms with Crippen LogP contribution in [0.3, 0.4) is 0 Å². The highest BCUT2D eigenvalue weighted by molar-refractivity contribution is 7.80. The summed E-state index contributed by atoms with van der Waals surface area (Å²) in [5.74, 6) is -0.986. The van der Waals surface area contributed by atoms with Crippen molar-refractivity contribution >= 4 is 29.0 Å². The minimum Gasteiger partial charge on any atom is -0.393 e. The third kappa shape index (κ3) is 4.62. The molecule has 5 nitrogen and oxygen atoms in total. The number of hydrogen-bond donors (Lipinski definition) is 3. The molecule has 0 bridgehead atoms. The third-order valence-corrected chi connectivity index (χ3v) is 1.28. The fourth-order valence-corrected chi connectivity index (χ4v) is 0.653. The average molecular weight is 189 g/mol. The first-order valence-electron chi connectivity index (χ1n) is 3.30. The monoisotopic (exact) mass is 189 g/mol. The lowest BCUT2D eigenvalue weighted by atomic mass is 10.3. The Kier molecular flexibility index (Phi) is 4.20. The highest BCUT2D eigenvalue weighted by Gasteiger charge is 2.11. The van der Waals surface area contributed by atoms with Gasteiger partial charge in [-0.2, -0.15) is 0 Å². The number of primary amides is 1. The van der Waals surface area contributed by atoms with E-state index in [1.165, 1.54) is 6.92 Å². The molecule has 6 heteroatoms. The molecular weight excluding hydrogens is 178 g/mol. The number of carbonyl (C=O) groups is 2. The van der Waals surface area contributed by atoms with Crippen LogP contribution in [0.2, 0.25) is 0 Å². The molecule has 0 aromatic rings. The molecule has 5 N–H and O–H groups in total. The lowest BCUT2D eigenvalue weighted by Gasteiger charge is -2.08. The van der Waals surface area contributed by atoms with E-state index in [0.29, 0.717) is 0 Å². The molecule has 0 aromatic heterocycles. The van der Waals surface area contributed by atoms with Crippen LogP contribution in [0.1, 0.15) is 13.3 Å². The summed E-state index contributed by atoms with van der Waals surface area (Å²) in [6.45, 7) is 1.49. The summed E-state index contributed by atoms with van der Waals surface area (Å²) in [7, 11) is 0. The van der Waals surface area contributed by atoms with Crippen LogP contribution in [-0.2, 0) is 9.59 Å². The van der Waals surface area contributed by atoms with Gasteiger partial charge in [-0.1, -0.05) is 12.2 Å². The Balaban J connectivity index is 3.85. The van der Waals surface area contributed by atoms with E-state index in [1.54, 1.807) is 0 Å². The Bertz CT molecular complexity index is 217. The number of carbonyl (C=O) groups excluding carboxylic acids is 2. The van der Waals surface area contributed by atoms with E-state index in [9.17, 15) is 9.59 Å². The average Bonchev–Trinajstić information content (AvgIpc) is 1.84. The van der Waals surface area contributed by atoms with Crippen molar-refractivity contribution in [1.82, 2.24) is 5.32 Å². The van der Waals surface area contributed by atoms with Gasteiger partial charge in [-0.15, -0.1) is 0 Å². The number of amides is 2. The van der Waals surface area contributed by atoms with Crippen LogP contribution in [0.25, 0.3) is 0 Å². The van der Waals surface area contributed by atoms with Crippen LogP contribution < -0.4 is 16.8 Å². The van der Waals surface area contributed by atoms with E-state index < -0.39 is 17.9 Å². The summed E-state index contributed by atoms with van der Waals surface area (Å²) >= 11 is 4.49. The SMILES string of the molecule is CC(NC(=O)CC(N)=S)C(N)=O. The zero-order chi connectivity index (χ0) is 9.72. The van der Waals surface area contributed by atoms with Crippen molar-refractivity contribution in [2.24, 2.45) is 11.5 Å². The third-order valence-electron chi connectivity index (χ3n) is 1.14. The quantitative estimate of drug-likeness (QED) is 0.476. The number of thiocarbonyl (C=S) groups is 1. The van der Waals surface area contributed by atoms with Crippen LogP contribution in [0.4, 0.5) is 0 Å². The Morgan fingerprint density at radius 1 is 1.50 bits per heavy atom. The number of nitrogens with two attached hydrogens (primary N) is 2. The molecule has 0 aliphatic heterocycles. The minimum absolute atomic E-state index is 0.0625. The molecule has 0 spiro atoms. The summed E-state index contributed by atoms with van der Waals surface area (Å²) in [6, 6.07) is -0.688. The van der Waals surface area contributed by atoms with Crippen LogP contribution in [-0.4, -0.2) is 22.8 Å². The van der Waals surface area contributed by atoms with Crippen molar-refractivity contribution in [1.29, 1.82) is 0 Å². The molecule has 0 aliphatic rings. The van der Waals surface area contributed by atoms with E-state index in [4.69, 9.17) is 11.5 Å². The first-order chi connectivity index (χ1) is 5.43. The lowest BCUT2D eigenvalue weighted by Crippen LogP contribution is -2.43. The smallest absolute Gasteiger partial charge is 0.239 e. The van der Waals surface area contributed by atoms with Crippen LogP contribution in [0.5, 0.6) is 0 Å². The molecule has 1 unspecified atom stereocenters. The maximum Gasteiger partial charge on any atom is 0.239 e. The molecular formula is C6H11N3O2S. The van der Waals surface area contributed by atoms with Gasteiger partial charge >= 0.3 is 0 Å². The highest BCUT2D eigenvalue weighted by atomic mass is 32.1. The van der Waals surface area contributed by atoms with Crippen molar-refractivity contribution in [3.05, 3.63) is 0 Å². The molecule has 0 aliphatic carbocycles. The van der Waals surface area contributed by atoms with Gasteiger partial charge in [0.05, 0.1) is 11.4 Å². The predicted octanol–water partition coefficient (Wildman–Crippen LogP) is -1.35. The molecule has 0 radical (unpaired) electrons. The maximum absolute atomic E-state index is 10.9. The Labute approximate surface area is 75.5 Å². The molecule has 0 fully saturated rings.